The van der Waals surface area contributed by atoms with Crippen molar-refractivity contribution in [2.75, 3.05) is 12.9 Å². The normalized spacial score (nSPS) is 11.6. The van der Waals surface area contributed by atoms with Crippen molar-refractivity contribution in [2.45, 2.75) is 13.0 Å². The van der Waals surface area contributed by atoms with Gasteiger partial charge in [-0.05, 0) is 30.2 Å². The van der Waals surface area contributed by atoms with Crippen LogP contribution in [0.1, 0.15) is 21.6 Å². The van der Waals surface area contributed by atoms with E-state index in [1.807, 2.05) is 25.2 Å². The van der Waals surface area contributed by atoms with Crippen molar-refractivity contribution in [1.82, 2.24) is 19.5 Å². The molecule has 2 aromatic heterocycles. The second-order valence-corrected chi connectivity index (χ2v) is 7.96. The molecule has 0 saturated heterocycles. The van der Waals surface area contributed by atoms with Gasteiger partial charge in [-0.1, -0.05) is 12.1 Å². The molecule has 0 spiro atoms. The average Bonchev–Trinajstić information content (AvgIpc) is 3.06. The number of benzene rings is 1. The summed E-state index contributed by atoms with van der Waals surface area (Å²) < 4.78 is 33.5. The summed E-state index contributed by atoms with van der Waals surface area (Å²) in [4.78, 5) is 15.5. The lowest BCUT2D eigenvalue weighted by molar-refractivity contribution is 0.0600. The topological polar surface area (TPSA) is 103 Å². The molecule has 1 N–H and O–H groups in total. The van der Waals surface area contributed by atoms with E-state index >= 15 is 0 Å². The molecule has 0 radical (unpaired) electrons. The molecule has 27 heavy (non-hydrogen) atoms. The molecule has 0 saturated carbocycles. The molecule has 9 heteroatoms. The third kappa shape index (κ3) is 4.50. The molecule has 2 heterocycles. The first kappa shape index (κ1) is 19.0. The van der Waals surface area contributed by atoms with E-state index in [-0.39, 0.29) is 12.3 Å². The predicted molar refractivity (Wildman–Crippen MR) is 101 cm³/mol. The number of aryl methyl sites for hydroxylation is 2. The number of hydrogen-bond acceptors (Lipinski definition) is 6. The van der Waals surface area contributed by atoms with Gasteiger partial charge in [-0.15, -0.1) is 0 Å². The third-order valence-corrected chi connectivity index (χ3v) is 5.57. The van der Waals surface area contributed by atoms with Crippen molar-refractivity contribution < 1.29 is 17.9 Å². The zero-order valence-corrected chi connectivity index (χ0v) is 15.9. The number of nitrogens with one attached hydrogen (secondary N) is 1. The highest BCUT2D eigenvalue weighted by Crippen LogP contribution is 2.18. The van der Waals surface area contributed by atoms with Crippen LogP contribution >= 0.6 is 0 Å². The van der Waals surface area contributed by atoms with Crippen LogP contribution in [0.4, 0.5) is 0 Å². The molecule has 0 fully saturated rings. The summed E-state index contributed by atoms with van der Waals surface area (Å²) in [6, 6.07) is 8.89. The van der Waals surface area contributed by atoms with Crippen LogP contribution in [-0.4, -0.2) is 42.0 Å². The number of carbonyl (C=O) groups is 1. The van der Waals surface area contributed by atoms with E-state index in [1.54, 1.807) is 23.0 Å². The van der Waals surface area contributed by atoms with E-state index in [0.717, 1.165) is 16.5 Å². The predicted octanol–water partition coefficient (Wildman–Crippen LogP) is 1.42. The van der Waals surface area contributed by atoms with Crippen molar-refractivity contribution in [1.29, 1.82) is 0 Å². The Morgan fingerprint density at radius 1 is 1.22 bits per heavy atom. The number of methoxy groups -OCH3 is 1. The Hall–Kier alpha value is -2.78. The fourth-order valence-corrected chi connectivity index (χ4v) is 3.72. The number of pyridine rings is 1. The fraction of sp³-hybridized carbons (Fsp3) is 0.278. The van der Waals surface area contributed by atoms with Crippen molar-refractivity contribution >= 4 is 26.9 Å². The van der Waals surface area contributed by atoms with Crippen LogP contribution in [0.3, 0.4) is 0 Å². The molecule has 0 amide bonds. The standard InChI is InChI=1S/C18H20N4O4S/c1-22-17-5-3-4-13(16(17)12-20-22)8-9-27(24,25)21-11-15-7-6-14(10-19-15)18(23)26-2/h3-7,10,12,21H,8-9,11H2,1-2H3. The summed E-state index contributed by atoms with van der Waals surface area (Å²) in [7, 11) is -0.342. The quantitative estimate of drug-likeness (QED) is 0.614. The zero-order chi connectivity index (χ0) is 19.4. The number of fused-ring (bicyclic) bond motifs is 1. The van der Waals surface area contributed by atoms with E-state index in [0.29, 0.717) is 17.7 Å². The van der Waals surface area contributed by atoms with Gasteiger partial charge < -0.3 is 4.74 Å². The Bertz CT molecular complexity index is 1060. The molecule has 3 aromatic rings. The van der Waals surface area contributed by atoms with Gasteiger partial charge in [-0.25, -0.2) is 17.9 Å². The Morgan fingerprint density at radius 2 is 2.04 bits per heavy atom. The van der Waals surface area contributed by atoms with Crippen LogP contribution in [0.5, 0.6) is 0 Å². The van der Waals surface area contributed by atoms with E-state index in [4.69, 9.17) is 0 Å². The molecule has 0 atom stereocenters. The Morgan fingerprint density at radius 3 is 2.74 bits per heavy atom. The molecule has 8 nitrogen and oxygen atoms in total. The summed E-state index contributed by atoms with van der Waals surface area (Å²) in [5.41, 5.74) is 2.73. The van der Waals surface area contributed by atoms with Gasteiger partial charge in [-0.3, -0.25) is 9.67 Å². The van der Waals surface area contributed by atoms with Crippen LogP contribution in [0.2, 0.25) is 0 Å². The average molecular weight is 388 g/mol. The summed E-state index contributed by atoms with van der Waals surface area (Å²) >= 11 is 0. The van der Waals surface area contributed by atoms with E-state index in [1.165, 1.54) is 13.3 Å². The zero-order valence-electron chi connectivity index (χ0n) is 15.0. The number of aromatic nitrogens is 3. The maximum absolute atomic E-state index is 12.3. The second-order valence-electron chi connectivity index (χ2n) is 6.04. The minimum atomic E-state index is -3.48. The van der Waals surface area contributed by atoms with Crippen LogP contribution in [-0.2, 0) is 34.8 Å². The van der Waals surface area contributed by atoms with Crippen molar-refractivity contribution in [3.8, 4) is 0 Å². The molecule has 1 aromatic carbocycles. The summed E-state index contributed by atoms with van der Waals surface area (Å²) in [5, 5.41) is 5.17. The first-order valence-corrected chi connectivity index (χ1v) is 9.95. The van der Waals surface area contributed by atoms with Gasteiger partial charge >= 0.3 is 5.97 Å². The van der Waals surface area contributed by atoms with Crippen molar-refractivity contribution in [3.63, 3.8) is 0 Å². The fourth-order valence-electron chi connectivity index (χ4n) is 2.72. The summed E-state index contributed by atoms with van der Waals surface area (Å²) in [6.07, 6.45) is 3.49. The largest absolute Gasteiger partial charge is 0.465 e. The minimum absolute atomic E-state index is 0.0404. The Balaban J connectivity index is 1.61. The Labute approximate surface area is 157 Å². The van der Waals surface area contributed by atoms with Gasteiger partial charge in [0.25, 0.3) is 0 Å². The number of carbonyl (C=O) groups excluding carboxylic acids is 1. The lowest BCUT2D eigenvalue weighted by Gasteiger charge is -2.08. The Kier molecular flexibility index (Phi) is 5.52. The maximum atomic E-state index is 12.3. The van der Waals surface area contributed by atoms with Gasteiger partial charge in [-0.2, -0.15) is 5.10 Å². The highest BCUT2D eigenvalue weighted by molar-refractivity contribution is 7.89. The smallest absolute Gasteiger partial charge is 0.339 e. The van der Waals surface area contributed by atoms with Gasteiger partial charge in [0, 0.05) is 18.6 Å². The SMILES string of the molecule is COC(=O)c1ccc(CNS(=O)(=O)CCc2cccc3c2cnn3C)nc1. The van der Waals surface area contributed by atoms with Gasteiger partial charge in [0.1, 0.15) is 0 Å². The van der Waals surface area contributed by atoms with Crippen LogP contribution < -0.4 is 4.72 Å². The van der Waals surface area contributed by atoms with Gasteiger partial charge in [0.15, 0.2) is 0 Å². The maximum Gasteiger partial charge on any atom is 0.339 e. The number of ether oxygens (including phenoxy) is 1. The molecule has 0 aliphatic carbocycles. The molecule has 0 aliphatic heterocycles. The summed E-state index contributed by atoms with van der Waals surface area (Å²) in [5.74, 6) is -0.527. The van der Waals surface area contributed by atoms with Crippen molar-refractivity contribution in [2.24, 2.45) is 7.05 Å². The second kappa shape index (κ2) is 7.85. The van der Waals surface area contributed by atoms with Crippen LogP contribution in [0.25, 0.3) is 10.9 Å². The molecule has 0 bridgehead atoms. The lowest BCUT2D eigenvalue weighted by atomic mass is 10.1. The van der Waals surface area contributed by atoms with E-state index in [2.05, 4.69) is 19.5 Å². The van der Waals surface area contributed by atoms with Gasteiger partial charge in [0.2, 0.25) is 10.0 Å². The number of rotatable bonds is 7. The number of sulfonamides is 1. The molecule has 0 aliphatic rings. The van der Waals surface area contributed by atoms with Gasteiger partial charge in [0.05, 0.1) is 42.4 Å². The molecular weight excluding hydrogens is 368 g/mol. The van der Waals surface area contributed by atoms with E-state index < -0.39 is 16.0 Å². The highest BCUT2D eigenvalue weighted by atomic mass is 32.2. The highest BCUT2D eigenvalue weighted by Gasteiger charge is 2.13. The first-order valence-electron chi connectivity index (χ1n) is 8.30. The molecule has 0 unspecified atom stereocenters. The van der Waals surface area contributed by atoms with Crippen molar-refractivity contribution in [3.05, 3.63) is 59.5 Å². The molecule has 3 rings (SSSR count). The summed E-state index contributed by atoms with van der Waals surface area (Å²) in [6.45, 7) is 0.0564. The lowest BCUT2D eigenvalue weighted by Crippen LogP contribution is -2.27. The minimum Gasteiger partial charge on any atom is -0.465 e. The molecule has 142 valence electrons. The first-order chi connectivity index (χ1) is 12.9. The van der Waals surface area contributed by atoms with Crippen LogP contribution in [0.15, 0.2) is 42.7 Å². The number of nitrogens with zero attached hydrogens (tertiary/aromatic N) is 3. The van der Waals surface area contributed by atoms with E-state index in [9.17, 15) is 13.2 Å². The number of hydrogen-bond donors (Lipinski definition) is 1. The van der Waals surface area contributed by atoms with Crippen LogP contribution in [0, 0.1) is 0 Å². The monoisotopic (exact) mass is 388 g/mol. The number of esters is 1. The third-order valence-electron chi connectivity index (χ3n) is 4.24. The molecular formula is C18H20N4O4S.